The Kier molecular flexibility index (Phi) is 2.67. The fourth-order valence-corrected chi connectivity index (χ4v) is 2.44. The van der Waals surface area contributed by atoms with Crippen molar-refractivity contribution in [2.24, 2.45) is 0 Å². The number of hydrogen-bond donors (Lipinski definition) is 1. The summed E-state index contributed by atoms with van der Waals surface area (Å²) in [5.41, 5.74) is 3.40. The molecule has 1 N–H and O–H groups in total. The molecule has 5 heteroatoms. The number of nitrogens with one attached hydrogen (secondary N) is 1. The molecule has 0 saturated heterocycles. The molecule has 3 rings (SSSR count). The molecule has 0 saturated carbocycles. The molecule has 0 unspecified atom stereocenters. The molecule has 0 spiro atoms. The number of fused-ring (bicyclic) bond motifs is 3. The van der Waals surface area contributed by atoms with Crippen LogP contribution in [-0.4, -0.2) is 23.3 Å². The zero-order valence-electron chi connectivity index (χ0n) is 10.3. The molecule has 94 valence electrons. The highest BCUT2D eigenvalue weighted by Crippen LogP contribution is 2.33. The summed E-state index contributed by atoms with van der Waals surface area (Å²) >= 11 is 5.98. The maximum atomic E-state index is 5.98. The second-order valence-corrected chi connectivity index (χ2v) is 4.55. The van der Waals surface area contributed by atoms with Gasteiger partial charge < -0.3 is 9.32 Å². The van der Waals surface area contributed by atoms with Gasteiger partial charge in [0.05, 0.1) is 0 Å². The van der Waals surface area contributed by atoms with E-state index in [4.69, 9.17) is 16.0 Å². The fourth-order valence-electron chi connectivity index (χ4n) is 2.27. The van der Waals surface area contributed by atoms with Gasteiger partial charge in [-0.2, -0.15) is 5.10 Å². The molecule has 0 aliphatic rings. The standard InChI is InChI=1S/C13H14ClN3O/c1-3-17(4-2)8-5-6-9-10(7-8)18-12-11(9)15-16-13(12)14/h5-7H,3-4H2,1-2H3,(H,15,16). The molecule has 0 radical (unpaired) electrons. The van der Waals surface area contributed by atoms with Crippen LogP contribution in [0.25, 0.3) is 22.1 Å². The number of aromatic nitrogens is 2. The number of benzene rings is 1. The Morgan fingerprint density at radius 1 is 1.33 bits per heavy atom. The Morgan fingerprint density at radius 2 is 2.11 bits per heavy atom. The Balaban J connectivity index is 2.20. The molecule has 0 aliphatic heterocycles. The molecule has 0 bridgehead atoms. The van der Waals surface area contributed by atoms with Crippen LogP contribution in [0.15, 0.2) is 22.6 Å². The van der Waals surface area contributed by atoms with Crippen molar-refractivity contribution in [1.82, 2.24) is 10.2 Å². The largest absolute Gasteiger partial charge is 0.451 e. The minimum atomic E-state index is 0.450. The zero-order chi connectivity index (χ0) is 12.7. The van der Waals surface area contributed by atoms with E-state index >= 15 is 0 Å². The Labute approximate surface area is 110 Å². The van der Waals surface area contributed by atoms with E-state index in [-0.39, 0.29) is 0 Å². The molecule has 4 nitrogen and oxygen atoms in total. The van der Waals surface area contributed by atoms with Crippen LogP contribution in [0.2, 0.25) is 5.15 Å². The number of aromatic amines is 1. The Bertz CT molecular complexity index is 697. The van der Waals surface area contributed by atoms with Gasteiger partial charge in [0.2, 0.25) is 0 Å². The second kappa shape index (κ2) is 4.21. The van der Waals surface area contributed by atoms with Crippen molar-refractivity contribution in [1.29, 1.82) is 0 Å². The summed E-state index contributed by atoms with van der Waals surface area (Å²) in [6.07, 6.45) is 0. The van der Waals surface area contributed by atoms with Gasteiger partial charge >= 0.3 is 0 Å². The molecule has 0 amide bonds. The maximum absolute atomic E-state index is 5.98. The lowest BCUT2D eigenvalue weighted by atomic mass is 10.2. The lowest BCUT2D eigenvalue weighted by molar-refractivity contribution is 0.668. The monoisotopic (exact) mass is 263 g/mol. The molecule has 18 heavy (non-hydrogen) atoms. The van der Waals surface area contributed by atoms with E-state index in [0.29, 0.717) is 10.7 Å². The zero-order valence-corrected chi connectivity index (χ0v) is 11.1. The van der Waals surface area contributed by atoms with Gasteiger partial charge in [0.1, 0.15) is 11.1 Å². The van der Waals surface area contributed by atoms with Gasteiger partial charge in [0.15, 0.2) is 10.7 Å². The fraction of sp³-hybridized carbons (Fsp3) is 0.308. The molecule has 2 aromatic heterocycles. The number of anilines is 1. The van der Waals surface area contributed by atoms with Crippen molar-refractivity contribution in [3.05, 3.63) is 23.4 Å². The summed E-state index contributed by atoms with van der Waals surface area (Å²) < 4.78 is 5.75. The van der Waals surface area contributed by atoms with Gasteiger partial charge in [-0.15, -0.1) is 0 Å². The van der Waals surface area contributed by atoms with Gasteiger partial charge in [-0.25, -0.2) is 0 Å². The smallest absolute Gasteiger partial charge is 0.192 e. The molecule has 0 fully saturated rings. The Hall–Kier alpha value is -1.68. The molecular weight excluding hydrogens is 250 g/mol. The summed E-state index contributed by atoms with van der Waals surface area (Å²) in [4.78, 5) is 2.27. The van der Waals surface area contributed by atoms with Gasteiger partial charge in [0, 0.05) is 30.2 Å². The van der Waals surface area contributed by atoms with Crippen LogP contribution in [0.5, 0.6) is 0 Å². The lowest BCUT2D eigenvalue weighted by Crippen LogP contribution is -2.21. The predicted octanol–water partition coefficient (Wildman–Crippen LogP) is 3.81. The molecule has 2 heterocycles. The van der Waals surface area contributed by atoms with E-state index in [2.05, 4.69) is 35.0 Å². The number of nitrogens with zero attached hydrogens (tertiary/aromatic N) is 2. The summed E-state index contributed by atoms with van der Waals surface area (Å²) in [5.74, 6) is 0. The molecule has 3 aromatic rings. The number of furan rings is 1. The highest BCUT2D eigenvalue weighted by Gasteiger charge is 2.14. The van der Waals surface area contributed by atoms with Crippen molar-refractivity contribution in [3.63, 3.8) is 0 Å². The van der Waals surface area contributed by atoms with E-state index in [9.17, 15) is 0 Å². The number of rotatable bonds is 3. The highest BCUT2D eigenvalue weighted by atomic mass is 35.5. The third-order valence-electron chi connectivity index (χ3n) is 3.24. The van der Waals surface area contributed by atoms with Crippen LogP contribution in [0.3, 0.4) is 0 Å². The van der Waals surface area contributed by atoms with Crippen LogP contribution >= 0.6 is 11.6 Å². The van der Waals surface area contributed by atoms with Crippen LogP contribution < -0.4 is 4.90 Å². The average molecular weight is 264 g/mol. The summed E-state index contributed by atoms with van der Waals surface area (Å²) in [7, 11) is 0. The van der Waals surface area contributed by atoms with E-state index in [1.807, 2.05) is 12.1 Å². The molecular formula is C13H14ClN3O. The van der Waals surface area contributed by atoms with Crippen LogP contribution in [0.4, 0.5) is 5.69 Å². The second-order valence-electron chi connectivity index (χ2n) is 4.17. The molecule has 0 aliphatic carbocycles. The normalized spacial score (nSPS) is 11.5. The maximum Gasteiger partial charge on any atom is 0.192 e. The number of H-pyrrole nitrogens is 1. The van der Waals surface area contributed by atoms with E-state index in [0.717, 1.165) is 35.3 Å². The van der Waals surface area contributed by atoms with Crippen molar-refractivity contribution >= 4 is 39.4 Å². The van der Waals surface area contributed by atoms with Crippen molar-refractivity contribution in [2.75, 3.05) is 18.0 Å². The first kappa shape index (κ1) is 11.4. The van der Waals surface area contributed by atoms with Gasteiger partial charge in [-0.05, 0) is 26.0 Å². The van der Waals surface area contributed by atoms with E-state index < -0.39 is 0 Å². The van der Waals surface area contributed by atoms with Gasteiger partial charge in [-0.1, -0.05) is 11.6 Å². The first-order chi connectivity index (χ1) is 8.74. The lowest BCUT2D eigenvalue weighted by Gasteiger charge is -2.20. The summed E-state index contributed by atoms with van der Waals surface area (Å²) in [6.45, 7) is 6.22. The quantitative estimate of drug-likeness (QED) is 0.782. The first-order valence-electron chi connectivity index (χ1n) is 6.05. The average Bonchev–Trinajstić information content (AvgIpc) is 2.91. The van der Waals surface area contributed by atoms with E-state index in [1.165, 1.54) is 0 Å². The third-order valence-corrected chi connectivity index (χ3v) is 3.50. The van der Waals surface area contributed by atoms with Crippen molar-refractivity contribution in [2.45, 2.75) is 13.8 Å². The third kappa shape index (κ3) is 1.56. The van der Waals surface area contributed by atoms with Crippen LogP contribution in [0.1, 0.15) is 13.8 Å². The SMILES string of the molecule is CCN(CC)c1ccc2c(c1)oc1c(Cl)[nH]nc12. The van der Waals surface area contributed by atoms with Crippen LogP contribution in [-0.2, 0) is 0 Å². The number of halogens is 1. The van der Waals surface area contributed by atoms with Crippen LogP contribution in [0, 0.1) is 0 Å². The topological polar surface area (TPSA) is 45.1 Å². The summed E-state index contributed by atoms with van der Waals surface area (Å²) in [5, 5.41) is 8.32. The minimum absolute atomic E-state index is 0.450. The highest BCUT2D eigenvalue weighted by molar-refractivity contribution is 6.34. The Morgan fingerprint density at radius 3 is 2.83 bits per heavy atom. The molecule has 0 atom stereocenters. The van der Waals surface area contributed by atoms with Crippen molar-refractivity contribution < 1.29 is 4.42 Å². The predicted molar refractivity (Wildman–Crippen MR) is 74.4 cm³/mol. The molecule has 1 aromatic carbocycles. The van der Waals surface area contributed by atoms with Gasteiger partial charge in [0.25, 0.3) is 0 Å². The van der Waals surface area contributed by atoms with Crippen molar-refractivity contribution in [3.8, 4) is 0 Å². The minimum Gasteiger partial charge on any atom is -0.451 e. The van der Waals surface area contributed by atoms with E-state index in [1.54, 1.807) is 0 Å². The summed E-state index contributed by atoms with van der Waals surface area (Å²) in [6, 6.07) is 6.17. The van der Waals surface area contributed by atoms with Gasteiger partial charge in [-0.3, -0.25) is 5.10 Å². The number of hydrogen-bond acceptors (Lipinski definition) is 3. The first-order valence-corrected chi connectivity index (χ1v) is 6.43.